The Morgan fingerprint density at radius 3 is 1.79 bits per heavy atom. The molecule has 0 aliphatic rings. The van der Waals surface area contributed by atoms with E-state index in [9.17, 15) is 19.8 Å². The van der Waals surface area contributed by atoms with Gasteiger partial charge in [-0.25, -0.2) is 9.59 Å². The van der Waals surface area contributed by atoms with Crippen molar-refractivity contribution in [1.82, 2.24) is 0 Å². The fourth-order valence-corrected chi connectivity index (χ4v) is 3.34. The molecular weight excluding hydrogens is 380 g/mol. The number of benzene rings is 1. The molecule has 3 rings (SSSR count). The maximum Gasteiger partial charge on any atom is 0.343 e. The molecule has 8 heteroatoms. The second-order valence-electron chi connectivity index (χ2n) is 6.40. The van der Waals surface area contributed by atoms with Crippen molar-refractivity contribution in [1.29, 1.82) is 0 Å². The molecule has 0 atom stereocenters. The van der Waals surface area contributed by atoms with E-state index in [2.05, 4.69) is 0 Å². The summed E-state index contributed by atoms with van der Waals surface area (Å²) in [5.41, 5.74) is -1.92. The maximum absolute atomic E-state index is 12.7. The lowest BCUT2D eigenvalue weighted by Crippen LogP contribution is -2.22. The Bertz CT molecular complexity index is 1110. The van der Waals surface area contributed by atoms with Crippen LogP contribution in [0.5, 0.6) is 23.0 Å². The van der Waals surface area contributed by atoms with Crippen molar-refractivity contribution in [3.8, 4) is 23.0 Å². The van der Waals surface area contributed by atoms with Gasteiger partial charge in [0, 0.05) is 17.7 Å². The highest BCUT2D eigenvalue weighted by atomic mass is 16.5. The number of rotatable bonds is 5. The van der Waals surface area contributed by atoms with Crippen LogP contribution in [-0.4, -0.2) is 24.4 Å². The highest BCUT2D eigenvalue weighted by molar-refractivity contribution is 5.58. The van der Waals surface area contributed by atoms with Crippen LogP contribution in [0.15, 0.2) is 48.8 Å². The van der Waals surface area contributed by atoms with Crippen molar-refractivity contribution in [2.24, 2.45) is 0 Å². The highest BCUT2D eigenvalue weighted by Gasteiger charge is 2.33. The molecule has 0 bridgehead atoms. The normalized spacial score (nSPS) is 10.9. The average Bonchev–Trinajstić information content (AvgIpc) is 2.64. The van der Waals surface area contributed by atoms with E-state index >= 15 is 0 Å². The molecule has 2 N–H and O–H groups in total. The van der Waals surface area contributed by atoms with Crippen LogP contribution in [0.2, 0.25) is 0 Å². The van der Waals surface area contributed by atoms with E-state index in [-0.39, 0.29) is 28.4 Å². The smallest absolute Gasteiger partial charge is 0.343 e. The number of aryl methyl sites for hydroxylation is 2. The van der Waals surface area contributed by atoms with Gasteiger partial charge in [0.05, 0.1) is 31.3 Å². The van der Waals surface area contributed by atoms with Crippen LogP contribution >= 0.6 is 0 Å². The molecule has 0 aliphatic heterocycles. The van der Waals surface area contributed by atoms with Crippen LogP contribution in [-0.2, 0) is 0 Å². The van der Waals surface area contributed by atoms with Crippen molar-refractivity contribution in [3.05, 3.63) is 79.4 Å². The summed E-state index contributed by atoms with van der Waals surface area (Å²) in [6.07, 6.45) is 0. The number of para-hydroxylation sites is 1. The summed E-state index contributed by atoms with van der Waals surface area (Å²) >= 11 is 0. The largest absolute Gasteiger partial charge is 0.507 e. The Morgan fingerprint density at radius 2 is 1.38 bits per heavy atom. The van der Waals surface area contributed by atoms with Gasteiger partial charge in [-0.15, -0.1) is 0 Å². The molecule has 0 aliphatic carbocycles. The lowest BCUT2D eigenvalue weighted by atomic mass is 9.85. The van der Waals surface area contributed by atoms with Crippen molar-refractivity contribution >= 4 is 0 Å². The number of aromatic hydroxyl groups is 2. The molecule has 2 aromatic heterocycles. The third-order valence-electron chi connectivity index (χ3n) is 4.50. The maximum atomic E-state index is 12.7. The fourth-order valence-electron chi connectivity index (χ4n) is 3.34. The average molecular weight is 400 g/mol. The summed E-state index contributed by atoms with van der Waals surface area (Å²) in [5.74, 6) is -1.10. The molecule has 8 nitrogen and oxygen atoms in total. The number of hydrogen-bond acceptors (Lipinski definition) is 8. The quantitative estimate of drug-likeness (QED) is 0.671. The van der Waals surface area contributed by atoms with Crippen molar-refractivity contribution in [3.63, 3.8) is 0 Å². The van der Waals surface area contributed by atoms with Gasteiger partial charge >= 0.3 is 11.3 Å². The topological polar surface area (TPSA) is 119 Å². The standard InChI is InChI=1S/C21H20O8/c1-10-8-13(22)17(20(24)28-10)16(18-14(23)9-11(2)29-21(18)25)12-6-5-7-15(26-3)19(12)27-4/h5-9,16,22-23H,1-4H3. The van der Waals surface area contributed by atoms with E-state index in [1.165, 1.54) is 40.2 Å². The Kier molecular flexibility index (Phi) is 5.36. The van der Waals surface area contributed by atoms with Gasteiger partial charge in [0.2, 0.25) is 0 Å². The van der Waals surface area contributed by atoms with Gasteiger partial charge in [0.25, 0.3) is 0 Å². The molecule has 0 radical (unpaired) electrons. The van der Waals surface area contributed by atoms with Gasteiger partial charge in [0.15, 0.2) is 11.5 Å². The number of ether oxygens (including phenoxy) is 2. The molecule has 29 heavy (non-hydrogen) atoms. The zero-order valence-electron chi connectivity index (χ0n) is 16.3. The zero-order valence-corrected chi connectivity index (χ0v) is 16.3. The predicted octanol–water partition coefficient (Wildman–Crippen LogP) is 2.82. The van der Waals surface area contributed by atoms with Crippen LogP contribution in [0.1, 0.15) is 34.1 Å². The third-order valence-corrected chi connectivity index (χ3v) is 4.50. The van der Waals surface area contributed by atoms with E-state index in [0.717, 1.165) is 0 Å². The SMILES string of the molecule is COc1cccc(C(c2c(O)cc(C)oc2=O)c2c(O)cc(C)oc2=O)c1OC. The molecule has 1 aromatic carbocycles. The van der Waals surface area contributed by atoms with Gasteiger partial charge in [-0.05, 0) is 19.9 Å². The monoisotopic (exact) mass is 400 g/mol. The molecular formula is C21H20O8. The van der Waals surface area contributed by atoms with Crippen molar-refractivity contribution < 1.29 is 28.5 Å². The second kappa shape index (κ2) is 7.75. The summed E-state index contributed by atoms with van der Waals surface area (Å²) < 4.78 is 21.0. The fraction of sp³-hybridized carbons (Fsp3) is 0.238. The highest BCUT2D eigenvalue weighted by Crippen LogP contribution is 2.44. The lowest BCUT2D eigenvalue weighted by molar-refractivity contribution is 0.349. The van der Waals surface area contributed by atoms with Gasteiger partial charge in [0.1, 0.15) is 23.0 Å². The minimum Gasteiger partial charge on any atom is -0.507 e. The minimum atomic E-state index is -1.24. The summed E-state index contributed by atoms with van der Waals surface area (Å²) in [7, 11) is 2.83. The van der Waals surface area contributed by atoms with Crippen LogP contribution in [0.25, 0.3) is 0 Å². The van der Waals surface area contributed by atoms with E-state index < -0.39 is 28.7 Å². The molecule has 0 spiro atoms. The second-order valence-corrected chi connectivity index (χ2v) is 6.40. The summed E-state index contributed by atoms with van der Waals surface area (Å²) in [4.78, 5) is 25.4. The van der Waals surface area contributed by atoms with E-state index in [1.807, 2.05) is 0 Å². The van der Waals surface area contributed by atoms with Crippen LogP contribution in [0, 0.1) is 13.8 Å². The molecule has 0 amide bonds. The number of methoxy groups -OCH3 is 2. The molecule has 2 heterocycles. The Hall–Kier alpha value is -3.68. The van der Waals surface area contributed by atoms with Crippen LogP contribution in [0.4, 0.5) is 0 Å². The van der Waals surface area contributed by atoms with Crippen LogP contribution in [0.3, 0.4) is 0 Å². The Balaban J connectivity index is 2.47. The van der Waals surface area contributed by atoms with Gasteiger partial charge in [-0.3, -0.25) is 0 Å². The first-order valence-electron chi connectivity index (χ1n) is 8.66. The molecule has 0 fully saturated rings. The van der Waals surface area contributed by atoms with Crippen molar-refractivity contribution in [2.75, 3.05) is 14.2 Å². The third kappa shape index (κ3) is 3.56. The molecule has 0 unspecified atom stereocenters. The molecule has 0 saturated heterocycles. The van der Waals surface area contributed by atoms with E-state index in [4.69, 9.17) is 18.3 Å². The molecule has 152 valence electrons. The first kappa shape index (κ1) is 20.1. The first-order valence-corrected chi connectivity index (χ1v) is 8.66. The molecule has 0 saturated carbocycles. The Labute approximate surface area is 165 Å². The van der Waals surface area contributed by atoms with Gasteiger partial charge in [-0.2, -0.15) is 0 Å². The number of hydrogen-bond donors (Lipinski definition) is 2. The van der Waals surface area contributed by atoms with Gasteiger partial charge < -0.3 is 28.5 Å². The van der Waals surface area contributed by atoms with Gasteiger partial charge in [-0.1, -0.05) is 12.1 Å². The predicted molar refractivity (Wildman–Crippen MR) is 103 cm³/mol. The lowest BCUT2D eigenvalue weighted by Gasteiger charge is -2.21. The minimum absolute atomic E-state index is 0.188. The molecule has 3 aromatic rings. The van der Waals surface area contributed by atoms with E-state index in [1.54, 1.807) is 18.2 Å². The van der Waals surface area contributed by atoms with Crippen LogP contribution < -0.4 is 20.7 Å². The summed E-state index contributed by atoms with van der Waals surface area (Å²) in [6.45, 7) is 3.01. The van der Waals surface area contributed by atoms with Crippen molar-refractivity contribution in [2.45, 2.75) is 19.8 Å². The summed E-state index contributed by atoms with van der Waals surface area (Å²) in [6, 6.07) is 7.35. The zero-order chi connectivity index (χ0) is 21.3. The first-order chi connectivity index (χ1) is 13.8. The van der Waals surface area contributed by atoms with E-state index in [0.29, 0.717) is 11.3 Å². The summed E-state index contributed by atoms with van der Waals surface area (Å²) in [5, 5.41) is 21.1. The Morgan fingerprint density at radius 1 is 0.862 bits per heavy atom.